The summed E-state index contributed by atoms with van der Waals surface area (Å²) in [5.41, 5.74) is 1.16. The van der Waals surface area contributed by atoms with Crippen LogP contribution in [0.3, 0.4) is 0 Å². The third-order valence-electron chi connectivity index (χ3n) is 1.50. The van der Waals surface area contributed by atoms with Crippen LogP contribution in [0.1, 0.15) is 12.8 Å². The van der Waals surface area contributed by atoms with Gasteiger partial charge in [0.25, 0.3) is 0 Å². The second-order valence-corrected chi connectivity index (χ2v) is 2.32. The van der Waals surface area contributed by atoms with Crippen molar-refractivity contribution in [3.63, 3.8) is 0 Å². The number of hydrogen-bond acceptors (Lipinski definition) is 1. The molecule has 0 aromatic carbocycles. The van der Waals surface area contributed by atoms with Crippen LogP contribution < -0.4 is 0 Å². The van der Waals surface area contributed by atoms with Gasteiger partial charge in [-0.15, -0.1) is 0 Å². The lowest BCUT2D eigenvalue weighted by atomic mass is 10.0. The lowest BCUT2D eigenvalue weighted by Crippen LogP contribution is -1.93. The summed E-state index contributed by atoms with van der Waals surface area (Å²) < 4.78 is 12.4. The first kappa shape index (κ1) is 7.19. The largest absolute Gasteiger partial charge is 0.297 e. The van der Waals surface area contributed by atoms with E-state index >= 15 is 0 Å². The molecular weight excluding hydrogens is 129 g/mol. The van der Waals surface area contributed by atoms with Gasteiger partial charge in [-0.1, -0.05) is 6.08 Å². The van der Waals surface area contributed by atoms with Crippen LogP contribution in [0, 0.1) is 0 Å². The van der Waals surface area contributed by atoms with Gasteiger partial charge in [-0.25, -0.2) is 4.39 Å². The number of halogens is 1. The van der Waals surface area contributed by atoms with Gasteiger partial charge in [0.15, 0.2) is 0 Å². The first-order valence-electron chi connectivity index (χ1n) is 3.29. The SMILES string of the molecule is C=NCC1=CC=C(F)CC1. The summed E-state index contributed by atoms with van der Waals surface area (Å²) in [5, 5.41) is 0. The number of allylic oxidation sites excluding steroid dienone is 3. The average molecular weight is 139 g/mol. The van der Waals surface area contributed by atoms with Gasteiger partial charge >= 0.3 is 0 Å². The number of hydrogen-bond donors (Lipinski definition) is 0. The van der Waals surface area contributed by atoms with Crippen LogP contribution >= 0.6 is 0 Å². The maximum Gasteiger partial charge on any atom is 0.100 e. The van der Waals surface area contributed by atoms with E-state index in [9.17, 15) is 4.39 Å². The second kappa shape index (κ2) is 3.30. The monoisotopic (exact) mass is 139 g/mol. The Morgan fingerprint density at radius 3 is 2.80 bits per heavy atom. The average Bonchev–Trinajstić information content (AvgIpc) is 1.95. The van der Waals surface area contributed by atoms with Crippen molar-refractivity contribution >= 4 is 6.72 Å². The van der Waals surface area contributed by atoms with E-state index in [1.54, 1.807) is 6.08 Å². The zero-order valence-electron chi connectivity index (χ0n) is 5.81. The van der Waals surface area contributed by atoms with Gasteiger partial charge in [-0.2, -0.15) is 0 Å². The minimum Gasteiger partial charge on any atom is -0.297 e. The molecule has 0 saturated carbocycles. The predicted molar refractivity (Wildman–Crippen MR) is 40.9 cm³/mol. The molecule has 0 radical (unpaired) electrons. The van der Waals surface area contributed by atoms with Gasteiger partial charge in [0.1, 0.15) is 5.83 Å². The molecule has 0 heterocycles. The molecule has 0 saturated heterocycles. The van der Waals surface area contributed by atoms with Crippen LogP contribution in [0.2, 0.25) is 0 Å². The van der Waals surface area contributed by atoms with Crippen molar-refractivity contribution in [2.75, 3.05) is 6.54 Å². The molecular formula is C8H10FN. The highest BCUT2D eigenvalue weighted by molar-refractivity contribution is 5.27. The summed E-state index contributed by atoms with van der Waals surface area (Å²) >= 11 is 0. The van der Waals surface area contributed by atoms with E-state index in [1.807, 2.05) is 0 Å². The first-order chi connectivity index (χ1) is 4.83. The summed E-state index contributed by atoms with van der Waals surface area (Å²) in [6, 6.07) is 0. The summed E-state index contributed by atoms with van der Waals surface area (Å²) in [4.78, 5) is 3.71. The van der Waals surface area contributed by atoms with E-state index in [2.05, 4.69) is 11.7 Å². The molecule has 1 nitrogen and oxygen atoms in total. The molecule has 0 amide bonds. The molecule has 54 valence electrons. The molecule has 0 aliphatic heterocycles. The van der Waals surface area contributed by atoms with Crippen LogP contribution in [-0.4, -0.2) is 13.3 Å². The topological polar surface area (TPSA) is 12.4 Å². The Kier molecular flexibility index (Phi) is 2.37. The van der Waals surface area contributed by atoms with Gasteiger partial charge in [0.2, 0.25) is 0 Å². The van der Waals surface area contributed by atoms with Gasteiger partial charge in [-0.3, -0.25) is 4.99 Å². The van der Waals surface area contributed by atoms with Crippen LogP contribution in [0.5, 0.6) is 0 Å². The Morgan fingerprint density at radius 1 is 1.50 bits per heavy atom. The fourth-order valence-corrected chi connectivity index (χ4v) is 0.930. The lowest BCUT2D eigenvalue weighted by molar-refractivity contribution is 0.580. The Morgan fingerprint density at radius 2 is 2.30 bits per heavy atom. The maximum absolute atomic E-state index is 12.4. The smallest absolute Gasteiger partial charge is 0.100 e. The Balaban J connectivity index is 2.55. The number of rotatable bonds is 2. The fraction of sp³-hybridized carbons (Fsp3) is 0.375. The first-order valence-corrected chi connectivity index (χ1v) is 3.29. The van der Waals surface area contributed by atoms with Crippen molar-refractivity contribution in [1.29, 1.82) is 0 Å². The van der Waals surface area contributed by atoms with Crippen LogP contribution in [0.25, 0.3) is 0 Å². The molecule has 10 heavy (non-hydrogen) atoms. The minimum atomic E-state index is -0.0344. The minimum absolute atomic E-state index is 0.0344. The molecule has 0 aromatic heterocycles. The van der Waals surface area contributed by atoms with Gasteiger partial charge in [-0.05, 0) is 24.8 Å². The third-order valence-corrected chi connectivity index (χ3v) is 1.50. The number of nitrogens with zero attached hydrogens (tertiary/aromatic N) is 1. The van der Waals surface area contributed by atoms with E-state index in [4.69, 9.17) is 0 Å². The highest BCUT2D eigenvalue weighted by Gasteiger charge is 2.03. The summed E-state index contributed by atoms with van der Waals surface area (Å²) in [6.07, 6.45) is 4.61. The Bertz CT molecular complexity index is 191. The molecule has 0 unspecified atom stereocenters. The highest BCUT2D eigenvalue weighted by Crippen LogP contribution is 2.18. The Labute approximate surface area is 60.0 Å². The molecule has 0 N–H and O–H groups in total. The third kappa shape index (κ3) is 1.79. The quantitative estimate of drug-likeness (QED) is 0.520. The van der Waals surface area contributed by atoms with Crippen LogP contribution in [-0.2, 0) is 0 Å². The van der Waals surface area contributed by atoms with Crippen molar-refractivity contribution < 1.29 is 4.39 Å². The molecule has 2 heteroatoms. The number of aliphatic imine (C=N–C) groups is 1. The van der Waals surface area contributed by atoms with Crippen molar-refractivity contribution in [3.05, 3.63) is 23.6 Å². The zero-order chi connectivity index (χ0) is 7.40. The highest BCUT2D eigenvalue weighted by atomic mass is 19.1. The normalized spacial score (nSPS) is 17.7. The molecule has 0 spiro atoms. The molecule has 0 fully saturated rings. The van der Waals surface area contributed by atoms with E-state index in [1.165, 1.54) is 6.08 Å². The van der Waals surface area contributed by atoms with Crippen molar-refractivity contribution in [2.24, 2.45) is 4.99 Å². The zero-order valence-corrected chi connectivity index (χ0v) is 5.81. The lowest BCUT2D eigenvalue weighted by Gasteiger charge is -2.06. The van der Waals surface area contributed by atoms with Crippen LogP contribution in [0.15, 0.2) is 28.5 Å². The van der Waals surface area contributed by atoms with E-state index in [-0.39, 0.29) is 5.83 Å². The van der Waals surface area contributed by atoms with Gasteiger partial charge < -0.3 is 0 Å². The van der Waals surface area contributed by atoms with Gasteiger partial charge in [0, 0.05) is 6.42 Å². The fourth-order valence-electron chi connectivity index (χ4n) is 0.930. The van der Waals surface area contributed by atoms with E-state index in [0.29, 0.717) is 13.0 Å². The van der Waals surface area contributed by atoms with Gasteiger partial charge in [0.05, 0.1) is 6.54 Å². The van der Waals surface area contributed by atoms with Crippen molar-refractivity contribution in [3.8, 4) is 0 Å². The summed E-state index contributed by atoms with van der Waals surface area (Å²) in [5.74, 6) is -0.0344. The molecule has 0 aromatic rings. The van der Waals surface area contributed by atoms with Crippen molar-refractivity contribution in [2.45, 2.75) is 12.8 Å². The summed E-state index contributed by atoms with van der Waals surface area (Å²) in [7, 11) is 0. The standard InChI is InChI=1S/C8H10FN/c1-10-6-7-2-4-8(9)5-3-7/h2,4H,1,3,5-6H2. The second-order valence-electron chi connectivity index (χ2n) is 2.32. The predicted octanol–water partition coefficient (Wildman–Crippen LogP) is 2.26. The molecule has 0 bridgehead atoms. The molecule has 1 aliphatic carbocycles. The molecule has 0 atom stereocenters. The Hall–Kier alpha value is -0.920. The summed E-state index contributed by atoms with van der Waals surface area (Å²) in [6.45, 7) is 4.01. The molecule has 1 rings (SSSR count). The van der Waals surface area contributed by atoms with Crippen molar-refractivity contribution in [1.82, 2.24) is 0 Å². The van der Waals surface area contributed by atoms with E-state index in [0.717, 1.165) is 12.0 Å². The molecule has 1 aliphatic rings. The maximum atomic E-state index is 12.4. The van der Waals surface area contributed by atoms with Crippen LogP contribution in [0.4, 0.5) is 4.39 Å². The van der Waals surface area contributed by atoms with E-state index < -0.39 is 0 Å².